The second kappa shape index (κ2) is 6.05. The summed E-state index contributed by atoms with van der Waals surface area (Å²) in [6.07, 6.45) is 5.13. The van der Waals surface area contributed by atoms with E-state index >= 15 is 0 Å². The molecule has 0 amide bonds. The van der Waals surface area contributed by atoms with E-state index in [1.165, 1.54) is 12.8 Å². The predicted molar refractivity (Wildman–Crippen MR) is 75.0 cm³/mol. The molecule has 0 saturated carbocycles. The maximum Gasteiger partial charge on any atom is 0.187 e. The number of allylic oxidation sites excluding steroid dienone is 2. The smallest absolute Gasteiger partial charge is 0.187 e. The van der Waals surface area contributed by atoms with Crippen molar-refractivity contribution in [3.63, 3.8) is 0 Å². The second-order valence-corrected chi connectivity index (χ2v) is 4.99. The van der Waals surface area contributed by atoms with Crippen LogP contribution in [-0.4, -0.2) is 23.8 Å². The molecule has 0 N–H and O–H groups in total. The van der Waals surface area contributed by atoms with Gasteiger partial charge in [0.2, 0.25) is 0 Å². The zero-order chi connectivity index (χ0) is 13.0. The molecule has 1 heterocycles. The average Bonchev–Trinajstić information content (AvgIpc) is 2.90. The van der Waals surface area contributed by atoms with Crippen molar-refractivity contribution < 1.29 is 4.79 Å². The Kier molecular flexibility index (Phi) is 4.43. The lowest BCUT2D eigenvalue weighted by atomic mass is 10.1. The molecule has 3 heteroatoms. The van der Waals surface area contributed by atoms with Crippen LogP contribution in [0.2, 0.25) is 5.02 Å². The molecule has 2 rings (SSSR count). The summed E-state index contributed by atoms with van der Waals surface area (Å²) in [4.78, 5) is 14.4. The second-order valence-electron chi connectivity index (χ2n) is 4.55. The molecule has 0 radical (unpaired) electrons. The number of halogens is 1. The number of hydrogen-bond acceptors (Lipinski definition) is 2. The third-order valence-corrected chi connectivity index (χ3v) is 3.55. The molecule has 1 aromatic rings. The van der Waals surface area contributed by atoms with Crippen molar-refractivity contribution in [2.75, 3.05) is 13.1 Å². The fraction of sp³-hybridized carbons (Fsp3) is 0.400. The van der Waals surface area contributed by atoms with Crippen LogP contribution < -0.4 is 0 Å². The van der Waals surface area contributed by atoms with E-state index in [9.17, 15) is 4.79 Å². The zero-order valence-electron chi connectivity index (χ0n) is 10.7. The first kappa shape index (κ1) is 13.2. The molecule has 2 nitrogen and oxygen atoms in total. The number of benzene rings is 1. The van der Waals surface area contributed by atoms with Gasteiger partial charge in [-0.25, -0.2) is 0 Å². The molecule has 1 aliphatic heterocycles. The molecular weight excluding hydrogens is 246 g/mol. The van der Waals surface area contributed by atoms with E-state index < -0.39 is 0 Å². The molecule has 0 atom stereocenters. The van der Waals surface area contributed by atoms with Gasteiger partial charge in [0.15, 0.2) is 5.78 Å². The van der Waals surface area contributed by atoms with Crippen LogP contribution in [0.5, 0.6) is 0 Å². The van der Waals surface area contributed by atoms with Crippen molar-refractivity contribution in [3.8, 4) is 0 Å². The van der Waals surface area contributed by atoms with Crippen LogP contribution in [-0.2, 0) is 0 Å². The molecule has 18 heavy (non-hydrogen) atoms. The highest BCUT2D eigenvalue weighted by molar-refractivity contribution is 6.30. The largest absolute Gasteiger partial charge is 0.375 e. The summed E-state index contributed by atoms with van der Waals surface area (Å²) in [5, 5.41) is 0.658. The van der Waals surface area contributed by atoms with E-state index in [1.54, 1.807) is 30.3 Å². The molecule has 0 unspecified atom stereocenters. The highest BCUT2D eigenvalue weighted by Gasteiger charge is 2.14. The minimum Gasteiger partial charge on any atom is -0.375 e. The highest BCUT2D eigenvalue weighted by Crippen LogP contribution is 2.18. The minimum atomic E-state index is 0.0652. The molecule has 1 fully saturated rings. The SMILES string of the molecule is CC/C(=C\C(=O)c1ccc(Cl)cc1)N1CCCC1. The van der Waals surface area contributed by atoms with Gasteiger partial charge in [0.1, 0.15) is 0 Å². The summed E-state index contributed by atoms with van der Waals surface area (Å²) < 4.78 is 0. The Balaban J connectivity index is 2.14. The Labute approximate surface area is 113 Å². The van der Waals surface area contributed by atoms with Crippen LogP contribution in [0, 0.1) is 0 Å². The van der Waals surface area contributed by atoms with Crippen molar-refractivity contribution in [2.45, 2.75) is 26.2 Å². The normalized spacial score (nSPS) is 16.1. The van der Waals surface area contributed by atoms with Gasteiger partial charge in [0.05, 0.1) is 0 Å². The van der Waals surface area contributed by atoms with E-state index in [0.29, 0.717) is 10.6 Å². The molecule has 0 aromatic heterocycles. The Morgan fingerprint density at radius 1 is 1.28 bits per heavy atom. The van der Waals surface area contributed by atoms with Crippen LogP contribution in [0.3, 0.4) is 0 Å². The van der Waals surface area contributed by atoms with E-state index in [1.807, 2.05) is 0 Å². The van der Waals surface area contributed by atoms with Crippen LogP contribution in [0.4, 0.5) is 0 Å². The van der Waals surface area contributed by atoms with E-state index in [4.69, 9.17) is 11.6 Å². The topological polar surface area (TPSA) is 20.3 Å². The Hall–Kier alpha value is -1.28. The lowest BCUT2D eigenvalue weighted by molar-refractivity contribution is 0.104. The number of ketones is 1. The molecule has 0 spiro atoms. The zero-order valence-corrected chi connectivity index (χ0v) is 11.4. The van der Waals surface area contributed by atoms with Gasteiger partial charge in [-0.05, 0) is 43.5 Å². The molecule has 1 saturated heterocycles. The van der Waals surface area contributed by atoms with Gasteiger partial charge in [-0.15, -0.1) is 0 Å². The third kappa shape index (κ3) is 3.14. The first-order valence-electron chi connectivity index (χ1n) is 6.46. The quantitative estimate of drug-likeness (QED) is 0.606. The first-order valence-corrected chi connectivity index (χ1v) is 6.84. The monoisotopic (exact) mass is 263 g/mol. The summed E-state index contributed by atoms with van der Waals surface area (Å²) >= 11 is 5.82. The Morgan fingerprint density at radius 2 is 1.89 bits per heavy atom. The highest BCUT2D eigenvalue weighted by atomic mass is 35.5. The fourth-order valence-corrected chi connectivity index (χ4v) is 2.40. The van der Waals surface area contributed by atoms with Crippen molar-refractivity contribution in [1.82, 2.24) is 4.90 Å². The summed E-state index contributed by atoms with van der Waals surface area (Å²) in [5.74, 6) is 0.0652. The maximum absolute atomic E-state index is 12.1. The van der Waals surface area contributed by atoms with Crippen molar-refractivity contribution >= 4 is 17.4 Å². The van der Waals surface area contributed by atoms with Crippen LogP contribution in [0.25, 0.3) is 0 Å². The maximum atomic E-state index is 12.1. The minimum absolute atomic E-state index is 0.0652. The van der Waals surface area contributed by atoms with E-state index in [2.05, 4.69) is 11.8 Å². The lowest BCUT2D eigenvalue weighted by Gasteiger charge is -2.20. The molecule has 1 aromatic carbocycles. The fourth-order valence-electron chi connectivity index (χ4n) is 2.27. The van der Waals surface area contributed by atoms with Gasteiger partial charge >= 0.3 is 0 Å². The Bertz CT molecular complexity index is 444. The Morgan fingerprint density at radius 3 is 2.44 bits per heavy atom. The van der Waals surface area contributed by atoms with E-state index in [-0.39, 0.29) is 5.78 Å². The molecular formula is C15H18ClNO. The van der Waals surface area contributed by atoms with Crippen molar-refractivity contribution in [1.29, 1.82) is 0 Å². The van der Waals surface area contributed by atoms with Crippen LogP contribution >= 0.6 is 11.6 Å². The summed E-state index contributed by atoms with van der Waals surface area (Å²) in [6.45, 7) is 4.25. The van der Waals surface area contributed by atoms with Gasteiger partial charge in [0, 0.05) is 35.4 Å². The number of nitrogens with zero attached hydrogens (tertiary/aromatic N) is 1. The average molecular weight is 264 g/mol. The summed E-state index contributed by atoms with van der Waals surface area (Å²) in [5.41, 5.74) is 1.84. The van der Waals surface area contributed by atoms with Crippen molar-refractivity contribution in [3.05, 3.63) is 46.6 Å². The third-order valence-electron chi connectivity index (χ3n) is 3.30. The lowest BCUT2D eigenvalue weighted by Crippen LogP contribution is -2.19. The molecule has 0 bridgehead atoms. The number of hydrogen-bond donors (Lipinski definition) is 0. The van der Waals surface area contributed by atoms with Crippen LogP contribution in [0.15, 0.2) is 36.0 Å². The van der Waals surface area contributed by atoms with Crippen LogP contribution in [0.1, 0.15) is 36.5 Å². The molecule has 96 valence electrons. The van der Waals surface area contributed by atoms with Gasteiger partial charge < -0.3 is 4.90 Å². The summed E-state index contributed by atoms with van der Waals surface area (Å²) in [7, 11) is 0. The van der Waals surface area contributed by atoms with Crippen molar-refractivity contribution in [2.24, 2.45) is 0 Å². The van der Waals surface area contributed by atoms with E-state index in [0.717, 1.165) is 25.2 Å². The predicted octanol–water partition coefficient (Wildman–Crippen LogP) is 3.91. The van der Waals surface area contributed by atoms with Gasteiger partial charge in [-0.2, -0.15) is 0 Å². The van der Waals surface area contributed by atoms with Gasteiger partial charge in [-0.3, -0.25) is 4.79 Å². The van der Waals surface area contributed by atoms with Gasteiger partial charge in [-0.1, -0.05) is 18.5 Å². The van der Waals surface area contributed by atoms with Gasteiger partial charge in [0.25, 0.3) is 0 Å². The number of rotatable bonds is 4. The molecule has 0 aliphatic carbocycles. The number of carbonyl (C=O) groups is 1. The number of likely N-dealkylation sites (tertiary alicyclic amines) is 1. The number of carbonyl (C=O) groups excluding carboxylic acids is 1. The molecule has 1 aliphatic rings. The standard InChI is InChI=1S/C15H18ClNO/c1-2-14(17-9-3-4-10-17)11-15(18)12-5-7-13(16)8-6-12/h5-8,11H,2-4,9-10H2,1H3/b14-11+. The first-order chi connectivity index (χ1) is 8.70. The summed E-state index contributed by atoms with van der Waals surface area (Å²) in [6, 6.07) is 7.06.